The second-order valence-electron chi connectivity index (χ2n) is 3.63. The molecule has 6 heteroatoms. The molecule has 0 saturated carbocycles. The molecule has 2 N–H and O–H groups in total. The molecule has 0 spiro atoms. The predicted molar refractivity (Wildman–Crippen MR) is 76.9 cm³/mol. The summed E-state index contributed by atoms with van der Waals surface area (Å²) in [7, 11) is 1.90. The summed E-state index contributed by atoms with van der Waals surface area (Å²) in [6.45, 7) is 0.807. The number of H-pyrrole nitrogens is 1. The Balaban J connectivity index is 2.18. The number of ether oxygens (including phenoxy) is 1. The van der Waals surface area contributed by atoms with Gasteiger partial charge in [-0.3, -0.25) is 4.79 Å². The van der Waals surface area contributed by atoms with Crippen molar-refractivity contribution >= 4 is 22.6 Å². The standard InChI is InChI=1S/C12H12IN3O2/c1-14-6-8-2-4-9(5-3-8)18-12-10(13)11(17)15-7-16-12/h2-5,7,14H,6H2,1H3,(H,15,16,17). The van der Waals surface area contributed by atoms with Gasteiger partial charge < -0.3 is 15.0 Å². The third-order valence-electron chi connectivity index (χ3n) is 2.28. The van der Waals surface area contributed by atoms with Gasteiger partial charge in [0.05, 0.1) is 6.33 Å². The van der Waals surface area contributed by atoms with Crippen molar-refractivity contribution < 1.29 is 4.74 Å². The Bertz CT molecular complexity index is 581. The van der Waals surface area contributed by atoms with Gasteiger partial charge in [0.1, 0.15) is 9.32 Å². The highest BCUT2D eigenvalue weighted by Gasteiger charge is 2.07. The first kappa shape index (κ1) is 13.0. The van der Waals surface area contributed by atoms with Crippen LogP contribution in [0.5, 0.6) is 11.6 Å². The average Bonchev–Trinajstić information content (AvgIpc) is 2.38. The predicted octanol–water partition coefficient (Wildman–Crippen LogP) is 1.89. The van der Waals surface area contributed by atoms with Crippen LogP contribution in [0.3, 0.4) is 0 Å². The lowest BCUT2D eigenvalue weighted by molar-refractivity contribution is 0.456. The van der Waals surface area contributed by atoms with Crippen molar-refractivity contribution in [3.05, 3.63) is 50.1 Å². The summed E-state index contributed by atoms with van der Waals surface area (Å²) in [5, 5.41) is 3.07. The molecule has 0 radical (unpaired) electrons. The minimum atomic E-state index is -0.201. The lowest BCUT2D eigenvalue weighted by Crippen LogP contribution is -2.11. The quantitative estimate of drug-likeness (QED) is 0.821. The maximum Gasteiger partial charge on any atom is 0.268 e. The largest absolute Gasteiger partial charge is 0.438 e. The van der Waals surface area contributed by atoms with Crippen molar-refractivity contribution in [2.75, 3.05) is 7.05 Å². The highest BCUT2D eigenvalue weighted by molar-refractivity contribution is 14.1. The van der Waals surface area contributed by atoms with Crippen molar-refractivity contribution in [1.82, 2.24) is 15.3 Å². The van der Waals surface area contributed by atoms with E-state index in [4.69, 9.17) is 4.74 Å². The summed E-state index contributed by atoms with van der Waals surface area (Å²) in [6.07, 6.45) is 1.33. The molecule has 0 aliphatic carbocycles. The zero-order valence-corrected chi connectivity index (χ0v) is 11.9. The van der Waals surface area contributed by atoms with Crippen molar-refractivity contribution in [3.63, 3.8) is 0 Å². The van der Waals surface area contributed by atoms with Crippen LogP contribution in [0.1, 0.15) is 5.56 Å². The third kappa shape index (κ3) is 3.08. The molecule has 0 bridgehead atoms. The molecule has 0 atom stereocenters. The Morgan fingerprint density at radius 2 is 2.11 bits per heavy atom. The van der Waals surface area contributed by atoms with Crippen LogP contribution >= 0.6 is 22.6 Å². The Kier molecular flexibility index (Phi) is 4.32. The molecule has 0 saturated heterocycles. The highest BCUT2D eigenvalue weighted by atomic mass is 127. The Hall–Kier alpha value is -1.41. The molecule has 0 fully saturated rings. The fraction of sp³-hybridized carbons (Fsp3) is 0.167. The number of nitrogens with one attached hydrogen (secondary N) is 2. The molecule has 0 unspecified atom stereocenters. The molecule has 18 heavy (non-hydrogen) atoms. The topological polar surface area (TPSA) is 67.0 Å². The summed E-state index contributed by atoms with van der Waals surface area (Å²) in [5.74, 6) is 0.978. The van der Waals surface area contributed by atoms with Crippen LogP contribution in [0.15, 0.2) is 35.4 Å². The van der Waals surface area contributed by atoms with Crippen LogP contribution in [0, 0.1) is 3.57 Å². The van der Waals surface area contributed by atoms with E-state index >= 15 is 0 Å². The van der Waals surface area contributed by atoms with Gasteiger partial charge in [-0.05, 0) is 47.3 Å². The summed E-state index contributed by atoms with van der Waals surface area (Å²) >= 11 is 1.91. The van der Waals surface area contributed by atoms with Gasteiger partial charge in [0.15, 0.2) is 0 Å². The maximum absolute atomic E-state index is 11.4. The van der Waals surface area contributed by atoms with E-state index < -0.39 is 0 Å². The molecule has 2 rings (SSSR count). The highest BCUT2D eigenvalue weighted by Crippen LogP contribution is 2.21. The summed E-state index contributed by atoms with van der Waals surface area (Å²) < 4.78 is 6.00. The third-order valence-corrected chi connectivity index (χ3v) is 3.23. The van der Waals surface area contributed by atoms with Crippen molar-refractivity contribution in [3.8, 4) is 11.6 Å². The Morgan fingerprint density at radius 1 is 1.39 bits per heavy atom. The van der Waals surface area contributed by atoms with E-state index in [0.29, 0.717) is 15.2 Å². The first-order valence-corrected chi connectivity index (χ1v) is 6.43. The molecule has 1 aromatic carbocycles. The van der Waals surface area contributed by atoms with E-state index in [1.165, 1.54) is 11.9 Å². The number of hydrogen-bond acceptors (Lipinski definition) is 4. The minimum Gasteiger partial charge on any atom is -0.438 e. The summed E-state index contributed by atoms with van der Waals surface area (Å²) in [6, 6.07) is 7.63. The van der Waals surface area contributed by atoms with E-state index in [1.807, 2.05) is 53.9 Å². The number of aromatic amines is 1. The second-order valence-corrected chi connectivity index (χ2v) is 4.71. The van der Waals surface area contributed by atoms with Gasteiger partial charge in [0.2, 0.25) is 5.88 Å². The van der Waals surface area contributed by atoms with Crippen molar-refractivity contribution in [2.45, 2.75) is 6.54 Å². The maximum atomic E-state index is 11.4. The average molecular weight is 357 g/mol. The monoisotopic (exact) mass is 357 g/mol. The molecular weight excluding hydrogens is 345 g/mol. The molecule has 0 amide bonds. The lowest BCUT2D eigenvalue weighted by atomic mass is 10.2. The normalized spacial score (nSPS) is 10.3. The molecule has 1 heterocycles. The number of aromatic nitrogens is 2. The van der Waals surface area contributed by atoms with Gasteiger partial charge in [0, 0.05) is 6.54 Å². The lowest BCUT2D eigenvalue weighted by Gasteiger charge is -2.06. The molecular formula is C12H12IN3O2. The van der Waals surface area contributed by atoms with Crippen LogP contribution in [-0.2, 0) is 6.54 Å². The first-order chi connectivity index (χ1) is 8.70. The number of hydrogen-bond donors (Lipinski definition) is 2. The number of benzene rings is 1. The van der Waals surface area contributed by atoms with Crippen LogP contribution in [0.4, 0.5) is 0 Å². The SMILES string of the molecule is CNCc1ccc(Oc2nc[nH]c(=O)c2I)cc1. The van der Waals surface area contributed by atoms with Crippen LogP contribution < -0.4 is 15.6 Å². The number of nitrogens with zero attached hydrogens (tertiary/aromatic N) is 1. The zero-order chi connectivity index (χ0) is 13.0. The smallest absolute Gasteiger partial charge is 0.268 e. The van der Waals surface area contributed by atoms with E-state index in [-0.39, 0.29) is 5.56 Å². The fourth-order valence-electron chi connectivity index (χ4n) is 1.43. The Labute approximate surface area is 118 Å². The van der Waals surface area contributed by atoms with Crippen molar-refractivity contribution in [2.24, 2.45) is 0 Å². The van der Waals surface area contributed by atoms with Gasteiger partial charge in [0.25, 0.3) is 5.56 Å². The minimum absolute atomic E-state index is 0.201. The van der Waals surface area contributed by atoms with Crippen LogP contribution in [0.25, 0.3) is 0 Å². The van der Waals surface area contributed by atoms with Crippen molar-refractivity contribution in [1.29, 1.82) is 0 Å². The van der Waals surface area contributed by atoms with E-state index in [0.717, 1.165) is 6.54 Å². The van der Waals surface area contributed by atoms with Gasteiger partial charge in [-0.15, -0.1) is 0 Å². The first-order valence-electron chi connectivity index (χ1n) is 5.35. The molecule has 94 valence electrons. The van der Waals surface area contributed by atoms with Crippen LogP contribution in [0.2, 0.25) is 0 Å². The molecule has 2 aromatic rings. The summed E-state index contributed by atoms with van der Waals surface area (Å²) in [5.41, 5.74) is 0.964. The number of rotatable bonds is 4. The van der Waals surface area contributed by atoms with E-state index in [2.05, 4.69) is 15.3 Å². The second kappa shape index (κ2) is 5.96. The molecule has 0 aliphatic heterocycles. The van der Waals surface area contributed by atoms with Gasteiger partial charge in [-0.2, -0.15) is 0 Å². The summed E-state index contributed by atoms with van der Waals surface area (Å²) in [4.78, 5) is 17.9. The van der Waals surface area contributed by atoms with Gasteiger partial charge in [-0.25, -0.2) is 4.98 Å². The fourth-order valence-corrected chi connectivity index (χ4v) is 1.83. The van der Waals surface area contributed by atoms with E-state index in [1.54, 1.807) is 0 Å². The van der Waals surface area contributed by atoms with Gasteiger partial charge in [-0.1, -0.05) is 12.1 Å². The molecule has 5 nitrogen and oxygen atoms in total. The Morgan fingerprint density at radius 3 is 2.78 bits per heavy atom. The van der Waals surface area contributed by atoms with E-state index in [9.17, 15) is 4.79 Å². The molecule has 1 aromatic heterocycles. The molecule has 0 aliphatic rings. The van der Waals surface area contributed by atoms with Gasteiger partial charge >= 0.3 is 0 Å². The number of halogens is 1. The van der Waals surface area contributed by atoms with Crippen LogP contribution in [-0.4, -0.2) is 17.0 Å². The zero-order valence-electron chi connectivity index (χ0n) is 9.74.